The summed E-state index contributed by atoms with van der Waals surface area (Å²) in [4.78, 5) is 5.32. The molecule has 27 heavy (non-hydrogen) atoms. The molecule has 0 radical (unpaired) electrons. The largest absolute Gasteiger partial charge is 0.300 e. The molecule has 2 heteroatoms. The fourth-order valence-electron chi connectivity index (χ4n) is 3.80. The maximum absolute atomic E-state index is 2.69. The predicted molar refractivity (Wildman–Crippen MR) is 122 cm³/mol. The van der Waals surface area contributed by atoms with E-state index in [9.17, 15) is 0 Å². The van der Waals surface area contributed by atoms with Gasteiger partial charge < -0.3 is 4.90 Å². The third-order valence-electron chi connectivity index (χ3n) is 5.20. The van der Waals surface area contributed by atoms with Gasteiger partial charge in [0.15, 0.2) is 0 Å². The van der Waals surface area contributed by atoms with Crippen molar-refractivity contribution < 1.29 is 0 Å². The minimum atomic E-state index is 0.660. The van der Waals surface area contributed by atoms with Crippen LogP contribution < -0.4 is 0 Å². The Labute approximate surface area is 169 Å². The van der Waals surface area contributed by atoms with Crippen LogP contribution in [0.3, 0.4) is 0 Å². The monoisotopic (exact) mass is 372 g/mol. The molecule has 0 aliphatic rings. The van der Waals surface area contributed by atoms with Crippen LogP contribution in [-0.2, 0) is 0 Å². The van der Waals surface area contributed by atoms with Crippen LogP contribution in [0.5, 0.6) is 0 Å². The Morgan fingerprint density at radius 3 is 2.26 bits per heavy atom. The molecule has 0 heterocycles. The van der Waals surface area contributed by atoms with Crippen LogP contribution >= 0.6 is 0 Å². The van der Waals surface area contributed by atoms with Gasteiger partial charge in [-0.3, -0.25) is 4.90 Å². The Bertz CT molecular complexity index is 547. The molecule has 1 unspecified atom stereocenters. The summed E-state index contributed by atoms with van der Waals surface area (Å²) in [6.45, 7) is 22.0. The fraction of sp³-hybridized carbons (Fsp3) is 0.680. The van der Waals surface area contributed by atoms with Gasteiger partial charge in [-0.15, -0.1) is 0 Å². The molecule has 0 aliphatic heterocycles. The van der Waals surface area contributed by atoms with Crippen LogP contribution in [0.1, 0.15) is 71.9 Å². The van der Waals surface area contributed by atoms with Gasteiger partial charge in [0.05, 0.1) is 0 Å². The molecular formula is C25H44N2. The minimum Gasteiger partial charge on any atom is -0.300 e. The molecule has 1 atom stereocenters. The Morgan fingerprint density at radius 2 is 1.67 bits per heavy atom. The SMILES string of the molecule is CCCN(CCC(C)N(CCC)CC(C)C)C/C(C)=C/c1ccccc1C. The van der Waals surface area contributed by atoms with Crippen LogP contribution in [0.2, 0.25) is 0 Å². The van der Waals surface area contributed by atoms with Crippen molar-refractivity contribution in [3.05, 3.63) is 41.0 Å². The van der Waals surface area contributed by atoms with Crippen LogP contribution in [0.4, 0.5) is 0 Å². The van der Waals surface area contributed by atoms with Gasteiger partial charge in [-0.25, -0.2) is 0 Å². The van der Waals surface area contributed by atoms with Crippen molar-refractivity contribution in [2.45, 2.75) is 73.8 Å². The zero-order valence-electron chi connectivity index (χ0n) is 19.1. The highest BCUT2D eigenvalue weighted by Gasteiger charge is 2.16. The lowest BCUT2D eigenvalue weighted by molar-refractivity contribution is 0.161. The summed E-state index contributed by atoms with van der Waals surface area (Å²) in [6.07, 6.45) is 6.08. The van der Waals surface area contributed by atoms with Gasteiger partial charge in [-0.05, 0) is 76.7 Å². The quantitative estimate of drug-likeness (QED) is 0.403. The first-order valence-corrected chi connectivity index (χ1v) is 11.1. The standard InChI is InChI=1S/C25H44N2/c1-8-15-26(17-14-24(7)27(16-9-2)19-21(3)4)20-22(5)18-25-13-11-10-12-23(25)6/h10-13,18,21,24H,8-9,14-17,19-20H2,1-7H3/b22-18+. The minimum absolute atomic E-state index is 0.660. The zero-order chi connectivity index (χ0) is 20.2. The number of nitrogens with zero attached hydrogens (tertiary/aromatic N) is 2. The Balaban J connectivity index is 2.65. The first kappa shape index (κ1) is 23.9. The number of rotatable bonds is 13. The molecule has 0 saturated heterocycles. The Kier molecular flexibility index (Phi) is 11.6. The summed E-state index contributed by atoms with van der Waals surface area (Å²) in [6, 6.07) is 9.33. The summed E-state index contributed by atoms with van der Waals surface area (Å²) in [7, 11) is 0. The van der Waals surface area contributed by atoms with E-state index < -0.39 is 0 Å². The lowest BCUT2D eigenvalue weighted by Gasteiger charge is -2.32. The van der Waals surface area contributed by atoms with Gasteiger partial charge in [0, 0.05) is 19.1 Å². The number of aryl methyl sites for hydroxylation is 1. The van der Waals surface area contributed by atoms with Crippen molar-refractivity contribution in [2.24, 2.45) is 5.92 Å². The van der Waals surface area contributed by atoms with Crippen LogP contribution in [0.25, 0.3) is 6.08 Å². The van der Waals surface area contributed by atoms with Gasteiger partial charge in [0.2, 0.25) is 0 Å². The number of hydrogen-bond acceptors (Lipinski definition) is 2. The van der Waals surface area contributed by atoms with Gasteiger partial charge in [0.1, 0.15) is 0 Å². The summed E-state index contributed by atoms with van der Waals surface area (Å²) < 4.78 is 0. The molecule has 2 nitrogen and oxygen atoms in total. The summed E-state index contributed by atoms with van der Waals surface area (Å²) in [5.74, 6) is 0.741. The molecule has 0 aliphatic carbocycles. The second-order valence-electron chi connectivity index (χ2n) is 8.65. The Hall–Kier alpha value is -1.12. The molecule has 154 valence electrons. The van der Waals surface area contributed by atoms with Crippen molar-refractivity contribution >= 4 is 6.08 Å². The van der Waals surface area contributed by atoms with E-state index in [2.05, 4.69) is 88.6 Å². The summed E-state index contributed by atoms with van der Waals surface area (Å²) in [5, 5.41) is 0. The second-order valence-corrected chi connectivity index (χ2v) is 8.65. The molecule has 1 rings (SSSR count). The van der Waals surface area contributed by atoms with E-state index in [1.807, 2.05) is 0 Å². The molecule has 0 aromatic heterocycles. The van der Waals surface area contributed by atoms with Gasteiger partial charge in [-0.1, -0.05) is 63.6 Å². The molecule has 1 aromatic carbocycles. The molecule has 0 fully saturated rings. The average molecular weight is 373 g/mol. The average Bonchev–Trinajstić information content (AvgIpc) is 2.61. The highest BCUT2D eigenvalue weighted by Crippen LogP contribution is 2.14. The number of hydrogen-bond donors (Lipinski definition) is 0. The predicted octanol–water partition coefficient (Wildman–Crippen LogP) is 6.26. The van der Waals surface area contributed by atoms with Crippen molar-refractivity contribution in [2.75, 3.05) is 32.7 Å². The van der Waals surface area contributed by atoms with E-state index in [1.54, 1.807) is 0 Å². The molecule has 0 spiro atoms. The first-order valence-electron chi connectivity index (χ1n) is 11.1. The van der Waals surface area contributed by atoms with Crippen LogP contribution in [-0.4, -0.2) is 48.6 Å². The van der Waals surface area contributed by atoms with E-state index >= 15 is 0 Å². The van der Waals surface area contributed by atoms with Gasteiger partial charge >= 0.3 is 0 Å². The maximum atomic E-state index is 2.69. The molecule has 0 bridgehead atoms. The summed E-state index contributed by atoms with van der Waals surface area (Å²) in [5.41, 5.74) is 4.17. The summed E-state index contributed by atoms with van der Waals surface area (Å²) >= 11 is 0. The first-order chi connectivity index (χ1) is 12.9. The Morgan fingerprint density at radius 1 is 1.00 bits per heavy atom. The van der Waals surface area contributed by atoms with Crippen molar-refractivity contribution in [3.63, 3.8) is 0 Å². The normalized spacial score (nSPS) is 13.8. The van der Waals surface area contributed by atoms with Crippen molar-refractivity contribution in [1.82, 2.24) is 9.80 Å². The van der Waals surface area contributed by atoms with Crippen LogP contribution in [0, 0.1) is 12.8 Å². The van der Waals surface area contributed by atoms with Crippen molar-refractivity contribution in [3.8, 4) is 0 Å². The molecule has 0 amide bonds. The fourth-order valence-corrected chi connectivity index (χ4v) is 3.80. The molecular weight excluding hydrogens is 328 g/mol. The second kappa shape index (κ2) is 13.1. The van der Waals surface area contributed by atoms with E-state index in [4.69, 9.17) is 0 Å². The smallest absolute Gasteiger partial charge is 0.0193 e. The molecule has 1 aromatic rings. The molecule has 0 N–H and O–H groups in total. The van der Waals surface area contributed by atoms with E-state index in [0.717, 1.165) is 12.5 Å². The topological polar surface area (TPSA) is 6.48 Å². The van der Waals surface area contributed by atoms with E-state index in [1.165, 1.54) is 62.1 Å². The maximum Gasteiger partial charge on any atom is 0.0193 e. The lowest BCUT2D eigenvalue weighted by Crippen LogP contribution is -2.39. The van der Waals surface area contributed by atoms with E-state index in [-0.39, 0.29) is 0 Å². The third kappa shape index (κ3) is 9.58. The highest BCUT2D eigenvalue weighted by molar-refractivity contribution is 5.56. The lowest BCUT2D eigenvalue weighted by atomic mass is 10.1. The molecule has 0 saturated carbocycles. The van der Waals surface area contributed by atoms with Crippen molar-refractivity contribution in [1.29, 1.82) is 0 Å². The van der Waals surface area contributed by atoms with Gasteiger partial charge in [0.25, 0.3) is 0 Å². The zero-order valence-corrected chi connectivity index (χ0v) is 19.1. The third-order valence-corrected chi connectivity index (χ3v) is 5.20. The van der Waals surface area contributed by atoms with E-state index in [0.29, 0.717) is 6.04 Å². The van der Waals surface area contributed by atoms with Crippen LogP contribution in [0.15, 0.2) is 29.8 Å². The highest BCUT2D eigenvalue weighted by atomic mass is 15.2. The number of benzene rings is 1. The van der Waals surface area contributed by atoms with Gasteiger partial charge in [-0.2, -0.15) is 0 Å².